The van der Waals surface area contributed by atoms with E-state index in [1.54, 1.807) is 0 Å². The Bertz CT molecular complexity index is 233. The molecule has 4 heteroatoms. The van der Waals surface area contributed by atoms with Crippen molar-refractivity contribution < 1.29 is 0 Å². The zero-order valence-electron chi connectivity index (χ0n) is 11.8. The van der Waals surface area contributed by atoms with Gasteiger partial charge in [-0.2, -0.15) is 0 Å². The smallest absolute Gasteiger partial charge is 0.0830 e. The molecule has 0 heterocycles. The fraction of sp³-hybridized carbons (Fsp3) is 1.00. The molecule has 0 spiro atoms. The van der Waals surface area contributed by atoms with Gasteiger partial charge in [-0.05, 0) is 47.7 Å². The van der Waals surface area contributed by atoms with Gasteiger partial charge in [-0.3, -0.25) is 0 Å². The quantitative estimate of drug-likeness (QED) is 0.488. The van der Waals surface area contributed by atoms with Crippen LogP contribution in [0.3, 0.4) is 0 Å². The monoisotopic (exact) mass is 243 g/mol. The lowest BCUT2D eigenvalue weighted by molar-refractivity contribution is 0.0943. The molecule has 0 aromatic rings. The van der Waals surface area contributed by atoms with Crippen LogP contribution in [-0.4, -0.2) is 40.7 Å². The van der Waals surface area contributed by atoms with Crippen molar-refractivity contribution >= 4 is 10.2 Å². The Labute approximate surface area is 104 Å². The zero-order valence-corrected chi connectivity index (χ0v) is 13.8. The van der Waals surface area contributed by atoms with Gasteiger partial charge in [0.15, 0.2) is 0 Å². The predicted octanol–water partition coefficient (Wildman–Crippen LogP) is 0.145. The molecule has 0 bridgehead atoms. The summed E-state index contributed by atoms with van der Waals surface area (Å²) in [5, 5.41) is 11.2. The third-order valence-corrected chi connectivity index (χ3v) is 5.53. The molecule has 1 atom stereocenters. The van der Waals surface area contributed by atoms with Gasteiger partial charge in [0.25, 0.3) is 0 Å². The number of rotatable bonds is 3. The number of hydrogen-bond donors (Lipinski definition) is 3. The van der Waals surface area contributed by atoms with Crippen LogP contribution in [0.1, 0.15) is 46.5 Å². The average Bonchev–Trinajstić information content (AvgIpc) is 2.16. The molecule has 1 saturated carbocycles. The lowest BCUT2D eigenvalue weighted by Crippen LogP contribution is -2.78. The van der Waals surface area contributed by atoms with Crippen molar-refractivity contribution in [3.8, 4) is 0 Å². The molecular weight excluding hydrogens is 214 g/mol. The molecule has 0 amide bonds. The van der Waals surface area contributed by atoms with Crippen LogP contribution in [0.2, 0.25) is 0 Å². The Morgan fingerprint density at radius 1 is 1.00 bits per heavy atom. The Balaban J connectivity index is 2.95. The molecule has 3 N–H and O–H groups in total. The van der Waals surface area contributed by atoms with Gasteiger partial charge < -0.3 is 16.0 Å². The van der Waals surface area contributed by atoms with E-state index in [-0.39, 0.29) is 16.4 Å². The topological polar surface area (TPSA) is 36.1 Å². The van der Waals surface area contributed by atoms with Gasteiger partial charge in [-0.15, -0.1) is 0 Å². The first-order valence-corrected chi connectivity index (χ1v) is 7.46. The number of nitrogens with one attached hydrogen (secondary N) is 3. The summed E-state index contributed by atoms with van der Waals surface area (Å²) in [5.41, 5.74) is 0.253. The highest BCUT2D eigenvalue weighted by Crippen LogP contribution is 2.34. The lowest BCUT2D eigenvalue weighted by Gasteiger charge is -2.55. The van der Waals surface area contributed by atoms with Crippen molar-refractivity contribution in [1.82, 2.24) is 16.0 Å². The normalized spacial score (nSPS) is 30.6. The van der Waals surface area contributed by atoms with Crippen molar-refractivity contribution in [2.24, 2.45) is 0 Å². The summed E-state index contributed by atoms with van der Waals surface area (Å²) in [4.78, 5) is 0. The van der Waals surface area contributed by atoms with Crippen LogP contribution in [-0.2, 0) is 0 Å². The van der Waals surface area contributed by atoms with Gasteiger partial charge in [0.2, 0.25) is 0 Å². The van der Waals surface area contributed by atoms with E-state index in [1.807, 2.05) is 0 Å². The fourth-order valence-electron chi connectivity index (χ4n) is 3.28. The Kier molecular flexibility index (Phi) is 4.22. The third kappa shape index (κ3) is 2.67. The van der Waals surface area contributed by atoms with Crippen LogP contribution in [0.4, 0.5) is 0 Å². The standard InChI is InChI=1S/C12H29N3Si/c1-10(2,3)15-12(16)9-7-6-8-11(12,13-4)14-5/h13-15H,6-9H2,1-5,16H3. The van der Waals surface area contributed by atoms with E-state index < -0.39 is 0 Å². The van der Waals surface area contributed by atoms with Gasteiger partial charge in [0.05, 0.1) is 5.66 Å². The molecule has 0 saturated heterocycles. The molecule has 0 aliphatic heterocycles. The predicted molar refractivity (Wildman–Crippen MR) is 74.9 cm³/mol. The summed E-state index contributed by atoms with van der Waals surface area (Å²) < 4.78 is 0. The van der Waals surface area contributed by atoms with E-state index >= 15 is 0 Å². The van der Waals surface area contributed by atoms with E-state index in [0.29, 0.717) is 0 Å². The first-order valence-electron chi connectivity index (χ1n) is 6.46. The third-order valence-electron chi connectivity index (χ3n) is 3.92. The first kappa shape index (κ1) is 14.2. The van der Waals surface area contributed by atoms with Crippen molar-refractivity contribution in [1.29, 1.82) is 0 Å². The summed E-state index contributed by atoms with van der Waals surface area (Å²) in [5.74, 6) is 0. The number of hydrogen-bond acceptors (Lipinski definition) is 3. The molecule has 1 unspecified atom stereocenters. The van der Waals surface area contributed by atoms with Crippen LogP contribution in [0.25, 0.3) is 0 Å². The van der Waals surface area contributed by atoms with E-state index in [1.165, 1.54) is 25.7 Å². The Morgan fingerprint density at radius 2 is 1.50 bits per heavy atom. The van der Waals surface area contributed by atoms with E-state index in [0.717, 1.165) is 10.2 Å². The summed E-state index contributed by atoms with van der Waals surface area (Å²) in [6.07, 6.45) is 5.15. The minimum atomic E-state index is 0.0742. The summed E-state index contributed by atoms with van der Waals surface area (Å²) in [7, 11) is 5.32. The minimum Gasteiger partial charge on any atom is -0.307 e. The maximum atomic E-state index is 3.86. The maximum absolute atomic E-state index is 3.86. The molecule has 3 nitrogen and oxygen atoms in total. The van der Waals surface area contributed by atoms with E-state index in [9.17, 15) is 0 Å². The van der Waals surface area contributed by atoms with Crippen LogP contribution in [0.15, 0.2) is 0 Å². The number of likely N-dealkylation sites (N-methyl/N-ethyl adjacent to an activating group) is 2. The van der Waals surface area contributed by atoms with E-state index in [2.05, 4.69) is 50.8 Å². The molecule has 96 valence electrons. The Hall–Kier alpha value is 0.0969. The van der Waals surface area contributed by atoms with Crippen molar-refractivity contribution in [3.05, 3.63) is 0 Å². The maximum Gasteiger partial charge on any atom is 0.0830 e. The lowest BCUT2D eigenvalue weighted by atomic mass is 9.81. The summed E-state index contributed by atoms with van der Waals surface area (Å²) in [6, 6.07) is 0. The highest BCUT2D eigenvalue weighted by Gasteiger charge is 2.48. The highest BCUT2D eigenvalue weighted by atomic mass is 28.1. The molecule has 0 radical (unpaired) electrons. The average molecular weight is 243 g/mol. The van der Waals surface area contributed by atoms with Crippen LogP contribution >= 0.6 is 0 Å². The zero-order chi connectivity index (χ0) is 12.4. The van der Waals surface area contributed by atoms with Crippen molar-refractivity contribution in [3.63, 3.8) is 0 Å². The van der Waals surface area contributed by atoms with Crippen LogP contribution < -0.4 is 16.0 Å². The fourth-order valence-corrected chi connectivity index (χ4v) is 5.14. The Morgan fingerprint density at radius 3 is 1.94 bits per heavy atom. The van der Waals surface area contributed by atoms with Gasteiger partial charge in [-0.1, -0.05) is 12.8 Å². The second-order valence-corrected chi connectivity index (χ2v) is 8.03. The second kappa shape index (κ2) is 4.76. The van der Waals surface area contributed by atoms with Gasteiger partial charge in [-0.25, -0.2) is 0 Å². The summed E-state index contributed by atoms with van der Waals surface area (Å²) in [6.45, 7) is 6.78. The molecule has 1 aliphatic rings. The summed E-state index contributed by atoms with van der Waals surface area (Å²) >= 11 is 0. The molecule has 1 aliphatic carbocycles. The van der Waals surface area contributed by atoms with Gasteiger partial charge >= 0.3 is 0 Å². The SMILES string of the molecule is CNC1(NC)CCCCC1([SiH3])NC(C)(C)C. The van der Waals surface area contributed by atoms with Crippen LogP contribution in [0.5, 0.6) is 0 Å². The van der Waals surface area contributed by atoms with Gasteiger partial charge in [0, 0.05) is 20.9 Å². The molecule has 1 rings (SSSR count). The minimum absolute atomic E-state index is 0.0742. The first-order chi connectivity index (χ1) is 7.29. The van der Waals surface area contributed by atoms with Crippen molar-refractivity contribution in [2.45, 2.75) is 62.8 Å². The highest BCUT2D eigenvalue weighted by molar-refractivity contribution is 6.16. The largest absolute Gasteiger partial charge is 0.307 e. The molecule has 0 aromatic heterocycles. The molecule has 16 heavy (non-hydrogen) atoms. The second-order valence-electron chi connectivity index (χ2n) is 6.32. The molecular formula is C12H29N3Si. The van der Waals surface area contributed by atoms with Crippen molar-refractivity contribution in [2.75, 3.05) is 14.1 Å². The van der Waals surface area contributed by atoms with Crippen LogP contribution in [0, 0.1) is 0 Å². The van der Waals surface area contributed by atoms with E-state index in [4.69, 9.17) is 0 Å². The molecule has 0 aromatic carbocycles. The van der Waals surface area contributed by atoms with Gasteiger partial charge in [0.1, 0.15) is 0 Å². The molecule has 1 fully saturated rings.